The minimum Gasteiger partial charge on any atom is -0.505 e. The fourth-order valence-corrected chi connectivity index (χ4v) is 1.73. The van der Waals surface area contributed by atoms with Crippen molar-refractivity contribution in [2.45, 2.75) is 0 Å². The van der Waals surface area contributed by atoms with Gasteiger partial charge in [0.25, 0.3) is 5.91 Å². The molecule has 2 rings (SSSR count). The Kier molecular flexibility index (Phi) is 4.36. The Labute approximate surface area is 121 Å². The second-order valence-corrected chi connectivity index (χ2v) is 4.22. The molecule has 0 unspecified atom stereocenters. The number of anilines is 2. The smallest absolute Gasteiger partial charge is 0.259 e. The van der Waals surface area contributed by atoms with E-state index in [1.54, 1.807) is 30.3 Å². The van der Waals surface area contributed by atoms with Crippen LogP contribution >= 0.6 is 0 Å². The van der Waals surface area contributed by atoms with Crippen LogP contribution in [0.3, 0.4) is 0 Å². The number of rotatable bonds is 4. The molecule has 3 N–H and O–H groups in total. The number of nitrogens with one attached hydrogen (secondary N) is 2. The lowest BCUT2D eigenvalue weighted by molar-refractivity contribution is -0.111. The van der Waals surface area contributed by atoms with Gasteiger partial charge in [-0.15, -0.1) is 0 Å². The lowest BCUT2D eigenvalue weighted by atomic mass is 10.1. The van der Waals surface area contributed by atoms with E-state index in [9.17, 15) is 14.7 Å². The first-order chi connectivity index (χ1) is 10.1. The lowest BCUT2D eigenvalue weighted by Crippen LogP contribution is -2.13. The van der Waals surface area contributed by atoms with E-state index >= 15 is 0 Å². The normalized spacial score (nSPS) is 9.71. The molecule has 0 saturated carbocycles. The van der Waals surface area contributed by atoms with Crippen LogP contribution in [0.1, 0.15) is 10.4 Å². The predicted octanol–water partition coefficient (Wildman–Crippen LogP) is 2.77. The van der Waals surface area contributed by atoms with Gasteiger partial charge in [-0.2, -0.15) is 0 Å². The molecule has 0 radical (unpaired) electrons. The summed E-state index contributed by atoms with van der Waals surface area (Å²) < 4.78 is 0. The summed E-state index contributed by atoms with van der Waals surface area (Å²) in [6, 6.07) is 13.4. The number of phenolic OH excluding ortho intramolecular Hbond substituents is 1. The zero-order valence-corrected chi connectivity index (χ0v) is 11.2. The van der Waals surface area contributed by atoms with Crippen LogP contribution in [0, 0.1) is 0 Å². The Morgan fingerprint density at radius 2 is 1.71 bits per heavy atom. The van der Waals surface area contributed by atoms with E-state index < -0.39 is 11.8 Å². The molecule has 0 bridgehead atoms. The highest BCUT2D eigenvalue weighted by atomic mass is 16.3. The van der Waals surface area contributed by atoms with Gasteiger partial charge in [-0.25, -0.2) is 0 Å². The van der Waals surface area contributed by atoms with Crippen LogP contribution in [0.5, 0.6) is 5.75 Å². The summed E-state index contributed by atoms with van der Waals surface area (Å²) in [5, 5.41) is 15.2. The van der Waals surface area contributed by atoms with Gasteiger partial charge >= 0.3 is 0 Å². The van der Waals surface area contributed by atoms with Crippen LogP contribution in [0.4, 0.5) is 11.4 Å². The number of para-hydroxylation sites is 2. The first-order valence-corrected chi connectivity index (χ1v) is 6.23. The van der Waals surface area contributed by atoms with Crippen LogP contribution in [0.25, 0.3) is 0 Å². The Morgan fingerprint density at radius 1 is 1.00 bits per heavy atom. The van der Waals surface area contributed by atoms with Crippen molar-refractivity contribution in [3.63, 3.8) is 0 Å². The maximum atomic E-state index is 12.1. The minimum atomic E-state index is -0.467. The summed E-state index contributed by atoms with van der Waals surface area (Å²) in [5.41, 5.74) is 0.837. The van der Waals surface area contributed by atoms with Gasteiger partial charge in [0.05, 0.1) is 11.3 Å². The number of phenols is 1. The average Bonchev–Trinajstić information content (AvgIpc) is 2.50. The Bertz CT molecular complexity index is 681. The van der Waals surface area contributed by atoms with Gasteiger partial charge < -0.3 is 15.7 Å². The molecule has 2 aromatic rings. The van der Waals surface area contributed by atoms with E-state index in [-0.39, 0.29) is 17.0 Å². The van der Waals surface area contributed by atoms with Crippen molar-refractivity contribution in [2.24, 2.45) is 0 Å². The van der Waals surface area contributed by atoms with Crippen LogP contribution < -0.4 is 10.6 Å². The molecule has 0 atom stereocenters. The fraction of sp³-hybridized carbons (Fsp3) is 0. The average molecular weight is 282 g/mol. The van der Waals surface area contributed by atoms with Crippen molar-refractivity contribution in [3.05, 3.63) is 66.7 Å². The third kappa shape index (κ3) is 3.48. The van der Waals surface area contributed by atoms with Gasteiger partial charge in [0.1, 0.15) is 0 Å². The molecular weight excluding hydrogens is 268 g/mol. The maximum absolute atomic E-state index is 12.1. The number of amides is 2. The van der Waals surface area contributed by atoms with Crippen molar-refractivity contribution < 1.29 is 14.7 Å². The largest absolute Gasteiger partial charge is 0.505 e. The van der Waals surface area contributed by atoms with E-state index in [1.807, 2.05) is 6.07 Å². The van der Waals surface area contributed by atoms with Crippen LogP contribution in [-0.4, -0.2) is 16.9 Å². The summed E-state index contributed by atoms with van der Waals surface area (Å²) in [5.74, 6) is -1.22. The molecule has 106 valence electrons. The van der Waals surface area contributed by atoms with Gasteiger partial charge in [-0.05, 0) is 30.3 Å². The molecule has 0 aromatic heterocycles. The van der Waals surface area contributed by atoms with Crippen molar-refractivity contribution in [1.82, 2.24) is 0 Å². The molecule has 21 heavy (non-hydrogen) atoms. The molecule has 0 fully saturated rings. The summed E-state index contributed by atoms with van der Waals surface area (Å²) >= 11 is 0. The monoisotopic (exact) mass is 282 g/mol. The van der Waals surface area contributed by atoms with Crippen molar-refractivity contribution in [2.75, 3.05) is 10.6 Å². The minimum absolute atomic E-state index is 0.0701. The molecule has 5 heteroatoms. The van der Waals surface area contributed by atoms with Crippen molar-refractivity contribution in [1.29, 1.82) is 0 Å². The van der Waals surface area contributed by atoms with E-state index in [2.05, 4.69) is 17.2 Å². The Hall–Kier alpha value is -3.08. The zero-order valence-electron chi connectivity index (χ0n) is 11.2. The van der Waals surface area contributed by atoms with E-state index in [1.165, 1.54) is 12.1 Å². The van der Waals surface area contributed by atoms with Gasteiger partial charge in [-0.1, -0.05) is 30.8 Å². The zero-order chi connectivity index (χ0) is 15.2. The van der Waals surface area contributed by atoms with Crippen LogP contribution in [0.2, 0.25) is 0 Å². The first-order valence-electron chi connectivity index (χ1n) is 6.23. The summed E-state index contributed by atoms with van der Waals surface area (Å²) in [4.78, 5) is 23.4. The van der Waals surface area contributed by atoms with Gasteiger partial charge in [0, 0.05) is 5.69 Å². The molecule has 2 aromatic carbocycles. The van der Waals surface area contributed by atoms with E-state index in [0.29, 0.717) is 5.69 Å². The standard InChI is InChI=1S/C16H14N2O3/c1-2-14(19)18-13-10-6-9-12(15(13)20)16(21)17-11-7-4-3-5-8-11/h2-10,20H,1H2,(H,17,21)(H,18,19). The number of carbonyl (C=O) groups is 2. The number of benzene rings is 2. The topological polar surface area (TPSA) is 78.4 Å². The lowest BCUT2D eigenvalue weighted by Gasteiger charge is -2.10. The van der Waals surface area contributed by atoms with Gasteiger partial charge in [0.2, 0.25) is 5.91 Å². The molecule has 5 nitrogen and oxygen atoms in total. The first kappa shape index (κ1) is 14.3. The highest BCUT2D eigenvalue weighted by molar-refractivity contribution is 6.08. The molecule has 0 aliphatic heterocycles. The molecule has 0 aliphatic carbocycles. The molecular formula is C16H14N2O3. The predicted molar refractivity (Wildman–Crippen MR) is 81.3 cm³/mol. The SMILES string of the molecule is C=CC(=O)Nc1cccc(C(=O)Nc2ccccc2)c1O. The highest BCUT2D eigenvalue weighted by Gasteiger charge is 2.15. The third-order valence-electron chi connectivity index (χ3n) is 2.76. The summed E-state index contributed by atoms with van der Waals surface area (Å²) in [6.07, 6.45) is 1.08. The Morgan fingerprint density at radius 3 is 2.38 bits per heavy atom. The number of hydrogen-bond acceptors (Lipinski definition) is 3. The second-order valence-electron chi connectivity index (χ2n) is 4.22. The molecule has 0 spiro atoms. The van der Waals surface area contributed by atoms with Gasteiger partial charge in [0.15, 0.2) is 5.75 Å². The molecule has 0 heterocycles. The maximum Gasteiger partial charge on any atom is 0.259 e. The van der Waals surface area contributed by atoms with Crippen LogP contribution in [0.15, 0.2) is 61.2 Å². The quantitative estimate of drug-likeness (QED) is 0.596. The molecule has 2 amide bonds. The van der Waals surface area contributed by atoms with Crippen molar-refractivity contribution >= 4 is 23.2 Å². The summed E-state index contributed by atoms with van der Waals surface area (Å²) in [6.45, 7) is 3.33. The number of aromatic hydroxyl groups is 1. The third-order valence-corrected chi connectivity index (χ3v) is 2.76. The van der Waals surface area contributed by atoms with E-state index in [4.69, 9.17) is 0 Å². The fourth-order valence-electron chi connectivity index (χ4n) is 1.73. The van der Waals surface area contributed by atoms with E-state index in [0.717, 1.165) is 6.08 Å². The number of carbonyl (C=O) groups excluding carboxylic acids is 2. The Balaban J connectivity index is 2.23. The molecule has 0 saturated heterocycles. The highest BCUT2D eigenvalue weighted by Crippen LogP contribution is 2.28. The van der Waals surface area contributed by atoms with Crippen molar-refractivity contribution in [3.8, 4) is 5.75 Å². The molecule has 0 aliphatic rings. The van der Waals surface area contributed by atoms with Crippen LogP contribution in [-0.2, 0) is 4.79 Å². The number of hydrogen-bond donors (Lipinski definition) is 3. The summed E-state index contributed by atoms with van der Waals surface area (Å²) in [7, 11) is 0. The van der Waals surface area contributed by atoms with Gasteiger partial charge in [-0.3, -0.25) is 9.59 Å². The second kappa shape index (κ2) is 6.38.